The summed E-state index contributed by atoms with van der Waals surface area (Å²) < 4.78 is 76.0. The number of Topliss-reactive ketones (excluding diaryl/α,β-unsaturated/α-hetero) is 1. The van der Waals surface area contributed by atoms with E-state index in [1.165, 1.54) is 0 Å². The van der Waals surface area contributed by atoms with Crippen LogP contribution in [0.2, 0.25) is 0 Å². The molecule has 2 rings (SSSR count). The van der Waals surface area contributed by atoms with Gasteiger partial charge >= 0.3 is 12.4 Å². The van der Waals surface area contributed by atoms with Crippen LogP contribution in [0, 0.1) is 0 Å². The summed E-state index contributed by atoms with van der Waals surface area (Å²) in [5, 5.41) is 11.7. The lowest BCUT2D eigenvalue weighted by molar-refractivity contribution is -0.376. The average Bonchev–Trinajstić information content (AvgIpc) is 2.67. The van der Waals surface area contributed by atoms with E-state index in [1.54, 1.807) is 0 Å². The molecule has 110 valence electrons. The molecule has 1 aromatic rings. The Morgan fingerprint density at radius 2 is 1.60 bits per heavy atom. The molecular weight excluding hydrogens is 292 g/mol. The second-order valence-electron chi connectivity index (χ2n) is 4.24. The van der Waals surface area contributed by atoms with Crippen LogP contribution < -0.4 is 5.32 Å². The Bertz CT molecular complexity index is 549. The zero-order valence-corrected chi connectivity index (χ0v) is 9.56. The molecule has 1 aliphatic heterocycles. The molecule has 0 spiro atoms. The highest BCUT2D eigenvalue weighted by Crippen LogP contribution is 2.50. The fourth-order valence-electron chi connectivity index (χ4n) is 1.91. The average molecular weight is 299 g/mol. The first-order valence-electron chi connectivity index (χ1n) is 5.26. The van der Waals surface area contributed by atoms with Crippen LogP contribution in [0.1, 0.15) is 15.9 Å². The van der Waals surface area contributed by atoms with Gasteiger partial charge in [0.25, 0.3) is 5.60 Å². The van der Waals surface area contributed by atoms with Gasteiger partial charge in [-0.15, -0.1) is 0 Å². The third-order valence-corrected chi connectivity index (χ3v) is 3.00. The number of hydrogen-bond donors (Lipinski definition) is 2. The van der Waals surface area contributed by atoms with Crippen LogP contribution in [-0.4, -0.2) is 29.8 Å². The van der Waals surface area contributed by atoms with Gasteiger partial charge in [0.1, 0.15) is 0 Å². The van der Waals surface area contributed by atoms with E-state index in [2.05, 4.69) is 5.32 Å². The van der Waals surface area contributed by atoms with Gasteiger partial charge in [0, 0.05) is 16.8 Å². The number of carbonyl (C=O) groups excluding carboxylic acids is 1. The van der Waals surface area contributed by atoms with Gasteiger partial charge in [-0.05, 0) is 12.1 Å². The monoisotopic (exact) mass is 299 g/mol. The quantitative estimate of drug-likeness (QED) is 0.784. The first-order chi connectivity index (χ1) is 8.98. The first kappa shape index (κ1) is 14.6. The van der Waals surface area contributed by atoms with Gasteiger partial charge in [0.2, 0.25) is 0 Å². The van der Waals surface area contributed by atoms with Crippen molar-refractivity contribution in [2.24, 2.45) is 0 Å². The molecule has 0 atom stereocenters. The third-order valence-electron chi connectivity index (χ3n) is 3.00. The van der Waals surface area contributed by atoms with Crippen LogP contribution in [0.5, 0.6) is 0 Å². The van der Waals surface area contributed by atoms with Gasteiger partial charge in [-0.25, -0.2) is 0 Å². The van der Waals surface area contributed by atoms with E-state index in [4.69, 9.17) is 0 Å². The zero-order chi connectivity index (χ0) is 15.3. The predicted molar refractivity (Wildman–Crippen MR) is 55.3 cm³/mol. The Labute approximate surface area is 108 Å². The minimum Gasteiger partial charge on any atom is -0.377 e. The number of rotatable bonds is 1. The van der Waals surface area contributed by atoms with Gasteiger partial charge in [-0.1, -0.05) is 6.07 Å². The van der Waals surface area contributed by atoms with Crippen LogP contribution in [0.4, 0.5) is 32.0 Å². The number of benzene rings is 1. The van der Waals surface area contributed by atoms with Gasteiger partial charge in [0.05, 0.1) is 6.54 Å². The number of alkyl halides is 6. The van der Waals surface area contributed by atoms with Crippen molar-refractivity contribution in [2.45, 2.75) is 18.0 Å². The van der Waals surface area contributed by atoms with Gasteiger partial charge in [-0.2, -0.15) is 26.3 Å². The van der Waals surface area contributed by atoms with Crippen molar-refractivity contribution in [2.75, 3.05) is 11.9 Å². The largest absolute Gasteiger partial charge is 0.430 e. The number of carbonyl (C=O) groups is 1. The summed E-state index contributed by atoms with van der Waals surface area (Å²) in [6.07, 6.45) is -11.9. The predicted octanol–water partition coefficient (Wildman–Crippen LogP) is 2.61. The molecule has 2 N–H and O–H groups in total. The molecular formula is C11H7F6NO2. The smallest absolute Gasteiger partial charge is 0.377 e. The normalized spacial score (nSPS) is 16.1. The summed E-state index contributed by atoms with van der Waals surface area (Å²) in [7, 11) is 0. The molecule has 20 heavy (non-hydrogen) atoms. The van der Waals surface area contributed by atoms with E-state index >= 15 is 0 Å². The Kier molecular flexibility index (Phi) is 3.01. The van der Waals surface area contributed by atoms with E-state index in [1.807, 2.05) is 0 Å². The topological polar surface area (TPSA) is 49.3 Å². The molecule has 3 nitrogen and oxygen atoms in total. The standard InChI is InChI=1S/C11H7F6NO2/c12-10(13,14)9(20,11(15,16)17)5-1-2-7-6(3-5)8(19)4-18-7/h1-3,18,20H,4H2. The highest BCUT2D eigenvalue weighted by molar-refractivity contribution is 6.08. The number of ketones is 1. The van der Waals surface area contributed by atoms with E-state index in [-0.39, 0.29) is 17.8 Å². The molecule has 0 bridgehead atoms. The van der Waals surface area contributed by atoms with E-state index in [0.717, 1.165) is 6.07 Å². The molecule has 0 aliphatic carbocycles. The van der Waals surface area contributed by atoms with Crippen molar-refractivity contribution in [1.29, 1.82) is 0 Å². The van der Waals surface area contributed by atoms with E-state index < -0.39 is 29.3 Å². The number of nitrogens with one attached hydrogen (secondary N) is 1. The second-order valence-corrected chi connectivity index (χ2v) is 4.24. The van der Waals surface area contributed by atoms with Crippen LogP contribution in [-0.2, 0) is 5.60 Å². The summed E-state index contributed by atoms with van der Waals surface area (Å²) >= 11 is 0. The van der Waals surface area contributed by atoms with Crippen LogP contribution in [0.15, 0.2) is 18.2 Å². The fourth-order valence-corrected chi connectivity index (χ4v) is 1.91. The number of fused-ring (bicyclic) bond motifs is 1. The molecule has 0 amide bonds. The van der Waals surface area contributed by atoms with Crippen molar-refractivity contribution in [1.82, 2.24) is 0 Å². The molecule has 1 heterocycles. The number of aliphatic hydroxyl groups is 1. The van der Waals surface area contributed by atoms with Gasteiger partial charge in [0.15, 0.2) is 5.78 Å². The molecule has 0 fully saturated rings. The molecule has 1 aliphatic rings. The zero-order valence-electron chi connectivity index (χ0n) is 9.56. The molecule has 0 radical (unpaired) electrons. The number of halogens is 6. The van der Waals surface area contributed by atoms with E-state index in [0.29, 0.717) is 12.1 Å². The van der Waals surface area contributed by atoms with Crippen LogP contribution in [0.3, 0.4) is 0 Å². The lowest BCUT2D eigenvalue weighted by atomic mass is 9.90. The maximum atomic E-state index is 12.7. The molecule has 9 heteroatoms. The maximum Gasteiger partial charge on any atom is 0.430 e. The number of hydrogen-bond acceptors (Lipinski definition) is 3. The molecule has 0 aromatic heterocycles. The van der Waals surface area contributed by atoms with Crippen molar-refractivity contribution < 1.29 is 36.2 Å². The van der Waals surface area contributed by atoms with Crippen molar-refractivity contribution in [3.8, 4) is 0 Å². The summed E-state index contributed by atoms with van der Waals surface area (Å²) in [6.45, 7) is -0.213. The Balaban J connectivity index is 2.63. The first-order valence-corrected chi connectivity index (χ1v) is 5.26. The fraction of sp³-hybridized carbons (Fsp3) is 0.364. The second kappa shape index (κ2) is 4.11. The Morgan fingerprint density at radius 3 is 2.10 bits per heavy atom. The summed E-state index contributed by atoms with van der Waals surface area (Å²) in [5.41, 5.74) is -6.63. The number of anilines is 1. The minimum absolute atomic E-state index is 0.130. The Hall–Kier alpha value is -1.77. The SMILES string of the molecule is O=C1CNc2ccc(C(O)(C(F)(F)F)C(F)(F)F)cc21. The molecule has 0 unspecified atom stereocenters. The highest BCUT2D eigenvalue weighted by atomic mass is 19.4. The van der Waals surface area contributed by atoms with Crippen molar-refractivity contribution >= 4 is 11.5 Å². The van der Waals surface area contributed by atoms with Crippen molar-refractivity contribution in [3.05, 3.63) is 29.3 Å². The van der Waals surface area contributed by atoms with Crippen molar-refractivity contribution in [3.63, 3.8) is 0 Å². The highest BCUT2D eigenvalue weighted by Gasteiger charge is 2.71. The summed E-state index contributed by atoms with van der Waals surface area (Å²) in [5.74, 6) is -0.645. The lowest BCUT2D eigenvalue weighted by Crippen LogP contribution is -2.53. The summed E-state index contributed by atoms with van der Waals surface area (Å²) in [6, 6.07) is 1.81. The third kappa shape index (κ3) is 1.92. The maximum absolute atomic E-state index is 12.7. The molecule has 1 aromatic carbocycles. The van der Waals surface area contributed by atoms with Gasteiger partial charge < -0.3 is 10.4 Å². The van der Waals surface area contributed by atoms with Crippen LogP contribution >= 0.6 is 0 Å². The summed E-state index contributed by atoms with van der Waals surface area (Å²) in [4.78, 5) is 11.3. The van der Waals surface area contributed by atoms with Crippen LogP contribution in [0.25, 0.3) is 0 Å². The Morgan fingerprint density at radius 1 is 1.05 bits per heavy atom. The minimum atomic E-state index is -5.96. The van der Waals surface area contributed by atoms with E-state index in [9.17, 15) is 36.2 Å². The molecule has 0 saturated heterocycles. The lowest BCUT2D eigenvalue weighted by Gasteiger charge is -2.32. The molecule has 0 saturated carbocycles. The van der Waals surface area contributed by atoms with Gasteiger partial charge in [-0.3, -0.25) is 4.79 Å².